The predicted octanol–water partition coefficient (Wildman–Crippen LogP) is 4.95. The monoisotopic (exact) mass is 445 g/mol. The number of fused-ring (bicyclic) bond motifs is 1. The van der Waals surface area contributed by atoms with E-state index < -0.39 is 5.97 Å². The predicted molar refractivity (Wildman–Crippen MR) is 126 cm³/mol. The summed E-state index contributed by atoms with van der Waals surface area (Å²) in [6, 6.07) is 20.4. The molecule has 1 atom stereocenters. The number of methoxy groups -OCH3 is 1. The first-order chi connectivity index (χ1) is 16.1. The second-order valence-corrected chi connectivity index (χ2v) is 7.66. The highest BCUT2D eigenvalue weighted by atomic mass is 16.5. The Labute approximate surface area is 193 Å². The molecule has 6 heteroatoms. The van der Waals surface area contributed by atoms with Crippen LogP contribution in [0.15, 0.2) is 66.7 Å². The van der Waals surface area contributed by atoms with Gasteiger partial charge < -0.3 is 19.1 Å². The van der Waals surface area contributed by atoms with E-state index in [1.54, 1.807) is 29.2 Å². The Morgan fingerprint density at radius 2 is 1.58 bits per heavy atom. The average Bonchev–Trinajstić information content (AvgIpc) is 2.84. The van der Waals surface area contributed by atoms with Gasteiger partial charge in [-0.1, -0.05) is 30.3 Å². The number of anilines is 1. The molecule has 3 aromatic carbocycles. The van der Waals surface area contributed by atoms with Crippen LogP contribution in [-0.2, 0) is 16.0 Å². The fraction of sp³-hybridized carbons (Fsp3) is 0.259. The molecule has 6 nitrogen and oxygen atoms in total. The molecule has 1 heterocycles. The first kappa shape index (κ1) is 22.4. The molecule has 0 aliphatic carbocycles. The first-order valence-electron chi connectivity index (χ1n) is 11.0. The lowest BCUT2D eigenvalue weighted by Gasteiger charge is -2.38. The van der Waals surface area contributed by atoms with Gasteiger partial charge in [0.25, 0.3) is 0 Å². The highest BCUT2D eigenvalue weighted by Gasteiger charge is 2.36. The molecule has 0 saturated heterocycles. The number of ether oxygens (including phenoxy) is 3. The Morgan fingerprint density at radius 1 is 0.939 bits per heavy atom. The Kier molecular flexibility index (Phi) is 6.63. The Bertz CT molecular complexity index is 1140. The number of rotatable bonds is 7. The largest absolute Gasteiger partial charge is 0.490 e. The van der Waals surface area contributed by atoms with Crippen LogP contribution >= 0.6 is 0 Å². The third-order valence-corrected chi connectivity index (χ3v) is 5.65. The molecule has 0 radical (unpaired) electrons. The maximum Gasteiger partial charge on any atom is 0.337 e. The highest BCUT2D eigenvalue weighted by molar-refractivity contribution is 5.99. The van der Waals surface area contributed by atoms with Crippen LogP contribution in [0, 0.1) is 0 Å². The maximum absolute atomic E-state index is 13.5. The van der Waals surface area contributed by atoms with Gasteiger partial charge in [-0.3, -0.25) is 4.79 Å². The van der Waals surface area contributed by atoms with Crippen molar-refractivity contribution in [2.75, 3.05) is 25.2 Å². The summed E-state index contributed by atoms with van der Waals surface area (Å²) in [5.74, 6) is 0.859. The van der Waals surface area contributed by atoms with Crippen LogP contribution in [0.2, 0.25) is 0 Å². The summed E-state index contributed by atoms with van der Waals surface area (Å²) in [6.45, 7) is 4.87. The van der Waals surface area contributed by atoms with Gasteiger partial charge >= 0.3 is 5.97 Å². The van der Waals surface area contributed by atoms with E-state index in [1.807, 2.05) is 56.3 Å². The van der Waals surface area contributed by atoms with Gasteiger partial charge in [0, 0.05) is 5.69 Å². The summed E-state index contributed by atoms with van der Waals surface area (Å²) < 4.78 is 16.5. The number of nitrogens with zero attached hydrogens (tertiary/aromatic N) is 1. The smallest absolute Gasteiger partial charge is 0.337 e. The van der Waals surface area contributed by atoms with Crippen molar-refractivity contribution >= 4 is 17.6 Å². The van der Waals surface area contributed by atoms with Crippen LogP contribution in [-0.4, -0.2) is 32.2 Å². The fourth-order valence-electron chi connectivity index (χ4n) is 4.23. The molecule has 4 rings (SSSR count). The zero-order valence-corrected chi connectivity index (χ0v) is 19.0. The van der Waals surface area contributed by atoms with E-state index in [9.17, 15) is 9.59 Å². The third kappa shape index (κ3) is 4.42. The Morgan fingerprint density at radius 3 is 2.18 bits per heavy atom. The number of amides is 1. The van der Waals surface area contributed by atoms with Gasteiger partial charge in [0.15, 0.2) is 11.5 Å². The van der Waals surface area contributed by atoms with E-state index >= 15 is 0 Å². The van der Waals surface area contributed by atoms with Gasteiger partial charge in [0.05, 0.1) is 38.3 Å². The summed E-state index contributed by atoms with van der Waals surface area (Å²) in [5, 5.41) is 0. The highest BCUT2D eigenvalue weighted by Crippen LogP contribution is 2.43. The number of carbonyl (C=O) groups is 2. The number of hydrogen-bond acceptors (Lipinski definition) is 5. The van der Waals surface area contributed by atoms with Crippen molar-refractivity contribution < 1.29 is 23.8 Å². The van der Waals surface area contributed by atoms with Crippen LogP contribution in [0.1, 0.15) is 46.9 Å². The van der Waals surface area contributed by atoms with Crippen molar-refractivity contribution in [1.29, 1.82) is 0 Å². The van der Waals surface area contributed by atoms with Crippen LogP contribution in [0.4, 0.5) is 5.69 Å². The van der Waals surface area contributed by atoms with Crippen LogP contribution in [0.25, 0.3) is 0 Å². The SMILES string of the molecule is CCOc1cc2c(cc1OCC)C(c1ccccc1)N(c1ccc(C(=O)OC)cc1)C(=O)C2. The van der Waals surface area contributed by atoms with Crippen LogP contribution in [0.3, 0.4) is 0 Å². The van der Waals surface area contributed by atoms with Gasteiger partial charge in [0.1, 0.15) is 0 Å². The zero-order chi connectivity index (χ0) is 23.4. The lowest BCUT2D eigenvalue weighted by Crippen LogP contribution is -2.41. The fourth-order valence-corrected chi connectivity index (χ4v) is 4.23. The second-order valence-electron chi connectivity index (χ2n) is 7.66. The molecule has 3 aromatic rings. The van der Waals surface area contributed by atoms with E-state index in [2.05, 4.69) is 0 Å². The summed E-state index contributed by atoms with van der Waals surface area (Å²) in [5.41, 5.74) is 4.03. The van der Waals surface area contributed by atoms with Crippen LogP contribution < -0.4 is 14.4 Å². The zero-order valence-electron chi connectivity index (χ0n) is 19.0. The molecule has 0 saturated carbocycles. The standard InChI is InChI=1S/C27H27NO5/c1-4-32-23-15-20-16-25(29)28(21-13-11-19(12-14-21)27(30)31-3)26(18-9-7-6-8-10-18)22(20)17-24(23)33-5-2/h6-15,17,26H,4-5,16H2,1-3H3. The van der Waals surface area contributed by atoms with Gasteiger partial charge in [-0.15, -0.1) is 0 Å². The molecule has 0 spiro atoms. The van der Waals surface area contributed by atoms with Crippen molar-refractivity contribution in [2.45, 2.75) is 26.3 Å². The van der Waals surface area contributed by atoms with Gasteiger partial charge in [-0.25, -0.2) is 4.79 Å². The molecule has 1 unspecified atom stereocenters. The maximum atomic E-state index is 13.5. The van der Waals surface area contributed by atoms with Crippen LogP contribution in [0.5, 0.6) is 11.5 Å². The molecule has 1 amide bonds. The number of esters is 1. The van der Waals surface area contributed by atoms with E-state index in [-0.39, 0.29) is 18.4 Å². The minimum absolute atomic E-state index is 0.0335. The average molecular weight is 446 g/mol. The molecule has 0 bridgehead atoms. The molecular weight excluding hydrogens is 418 g/mol. The Hall–Kier alpha value is -3.80. The van der Waals surface area contributed by atoms with E-state index in [0.717, 1.165) is 16.7 Å². The van der Waals surface area contributed by atoms with Crippen molar-refractivity contribution in [2.24, 2.45) is 0 Å². The molecular formula is C27H27NO5. The van der Waals surface area contributed by atoms with Gasteiger partial charge in [-0.2, -0.15) is 0 Å². The minimum Gasteiger partial charge on any atom is -0.490 e. The number of carbonyl (C=O) groups excluding carboxylic acids is 2. The normalized spacial score (nSPS) is 15.1. The van der Waals surface area contributed by atoms with E-state index in [1.165, 1.54) is 7.11 Å². The second kappa shape index (κ2) is 9.77. The molecule has 0 N–H and O–H groups in total. The minimum atomic E-state index is -0.415. The molecule has 0 aromatic heterocycles. The summed E-state index contributed by atoms with van der Waals surface area (Å²) in [6.07, 6.45) is 0.240. The summed E-state index contributed by atoms with van der Waals surface area (Å²) in [7, 11) is 1.35. The lowest BCUT2D eigenvalue weighted by atomic mass is 9.86. The summed E-state index contributed by atoms with van der Waals surface area (Å²) in [4.78, 5) is 27.1. The quantitative estimate of drug-likeness (QED) is 0.482. The van der Waals surface area contributed by atoms with E-state index in [0.29, 0.717) is 36.0 Å². The lowest BCUT2D eigenvalue weighted by molar-refractivity contribution is -0.118. The molecule has 170 valence electrons. The van der Waals surface area contributed by atoms with E-state index in [4.69, 9.17) is 14.2 Å². The van der Waals surface area contributed by atoms with Crippen molar-refractivity contribution in [3.63, 3.8) is 0 Å². The molecule has 1 aliphatic rings. The van der Waals surface area contributed by atoms with Gasteiger partial charge in [-0.05, 0) is 66.9 Å². The van der Waals surface area contributed by atoms with Crippen molar-refractivity contribution in [1.82, 2.24) is 0 Å². The molecule has 1 aliphatic heterocycles. The van der Waals surface area contributed by atoms with Crippen molar-refractivity contribution in [3.05, 3.63) is 89.0 Å². The molecule has 33 heavy (non-hydrogen) atoms. The van der Waals surface area contributed by atoms with Gasteiger partial charge in [0.2, 0.25) is 5.91 Å². The Balaban J connectivity index is 1.86. The number of benzene rings is 3. The first-order valence-corrected chi connectivity index (χ1v) is 11.0. The topological polar surface area (TPSA) is 65.1 Å². The van der Waals surface area contributed by atoms with Crippen molar-refractivity contribution in [3.8, 4) is 11.5 Å². The number of hydrogen-bond donors (Lipinski definition) is 0. The molecule has 0 fully saturated rings. The third-order valence-electron chi connectivity index (χ3n) is 5.65. The summed E-state index contributed by atoms with van der Waals surface area (Å²) >= 11 is 0.